The number of nitrogens with one attached hydrogen (secondary N) is 1. The van der Waals surface area contributed by atoms with Crippen molar-refractivity contribution < 1.29 is 9.53 Å². The van der Waals surface area contributed by atoms with Crippen LogP contribution in [0.25, 0.3) is 22.3 Å². The fourth-order valence-corrected chi connectivity index (χ4v) is 5.81. The van der Waals surface area contributed by atoms with Gasteiger partial charge in [-0.3, -0.25) is 4.79 Å². The smallest absolute Gasteiger partial charge is 0.220 e. The molecule has 0 radical (unpaired) electrons. The number of nitrogens with zero attached hydrogens (tertiary/aromatic N) is 4. The van der Waals surface area contributed by atoms with Gasteiger partial charge in [-0.15, -0.1) is 0 Å². The van der Waals surface area contributed by atoms with Crippen molar-refractivity contribution in [2.24, 2.45) is 0 Å². The van der Waals surface area contributed by atoms with E-state index >= 15 is 0 Å². The van der Waals surface area contributed by atoms with Crippen LogP contribution in [0.3, 0.4) is 0 Å². The number of hydrogen-bond donors (Lipinski definition) is 1. The van der Waals surface area contributed by atoms with Crippen molar-refractivity contribution in [1.82, 2.24) is 19.9 Å². The molecule has 2 aliphatic heterocycles. The number of carbonyl (C=O) groups is 1. The van der Waals surface area contributed by atoms with E-state index in [4.69, 9.17) is 14.7 Å². The highest BCUT2D eigenvalue weighted by Crippen LogP contribution is 2.51. The minimum absolute atomic E-state index is 0.143. The molecule has 1 saturated carbocycles. The van der Waals surface area contributed by atoms with Crippen LogP contribution in [0.4, 0.5) is 5.82 Å². The number of benzene rings is 1. The summed E-state index contributed by atoms with van der Waals surface area (Å²) in [5.74, 6) is 1.92. The molecule has 7 heteroatoms. The number of rotatable bonds is 2. The highest BCUT2D eigenvalue weighted by atomic mass is 16.5. The maximum atomic E-state index is 12.6. The van der Waals surface area contributed by atoms with Crippen molar-refractivity contribution in [2.75, 3.05) is 31.2 Å². The molecule has 1 atom stereocenters. The molecular formula is C25H29N5O2. The molecule has 32 heavy (non-hydrogen) atoms. The van der Waals surface area contributed by atoms with Crippen molar-refractivity contribution in [2.45, 2.75) is 51.1 Å². The van der Waals surface area contributed by atoms with Crippen molar-refractivity contribution in [3.63, 3.8) is 0 Å². The number of amides is 1. The van der Waals surface area contributed by atoms with Crippen molar-refractivity contribution in [3.05, 3.63) is 41.7 Å². The summed E-state index contributed by atoms with van der Waals surface area (Å²) in [6, 6.07) is 8.57. The van der Waals surface area contributed by atoms with Crippen molar-refractivity contribution >= 4 is 22.6 Å². The zero-order valence-electron chi connectivity index (χ0n) is 18.7. The first-order valence-corrected chi connectivity index (χ1v) is 11.7. The lowest BCUT2D eigenvalue weighted by atomic mass is 9.69. The van der Waals surface area contributed by atoms with Gasteiger partial charge < -0.3 is 19.5 Å². The summed E-state index contributed by atoms with van der Waals surface area (Å²) in [5, 5.41) is 1.12. The van der Waals surface area contributed by atoms with Gasteiger partial charge in [0.1, 0.15) is 5.82 Å². The van der Waals surface area contributed by atoms with Crippen LogP contribution in [0.5, 0.6) is 0 Å². The molecular weight excluding hydrogens is 402 g/mol. The van der Waals surface area contributed by atoms with E-state index in [2.05, 4.69) is 46.0 Å². The number of H-pyrrole nitrogens is 1. The minimum atomic E-state index is -0.284. The fourth-order valence-electron chi connectivity index (χ4n) is 5.81. The first kappa shape index (κ1) is 19.7. The average Bonchev–Trinajstić information content (AvgIpc) is 3.25. The minimum Gasteiger partial charge on any atom is -0.377 e. The lowest BCUT2D eigenvalue weighted by molar-refractivity contribution is -0.141. The largest absolute Gasteiger partial charge is 0.377 e. The van der Waals surface area contributed by atoms with E-state index in [0.717, 1.165) is 72.6 Å². The number of morpholine rings is 1. The molecule has 0 bridgehead atoms. The summed E-state index contributed by atoms with van der Waals surface area (Å²) >= 11 is 0. The molecule has 3 aliphatic rings. The van der Waals surface area contributed by atoms with Gasteiger partial charge in [-0.25, -0.2) is 9.97 Å². The SMILES string of the molecule is CC(=O)N1CCc2c(N3CCOC[C@H]3C)nc(-c3cccc4[nH]ccc34)nc2C12CCC2. The lowest BCUT2D eigenvalue weighted by Gasteiger charge is -2.53. The second kappa shape index (κ2) is 7.30. The topological polar surface area (TPSA) is 74.3 Å². The Morgan fingerprint density at radius 3 is 2.84 bits per heavy atom. The summed E-state index contributed by atoms with van der Waals surface area (Å²) in [5.41, 5.74) is 4.11. The predicted octanol–water partition coefficient (Wildman–Crippen LogP) is 3.63. The maximum absolute atomic E-state index is 12.6. The third-order valence-electron chi connectivity index (χ3n) is 7.56. The van der Waals surface area contributed by atoms with Crippen LogP contribution in [0, 0.1) is 0 Å². The summed E-state index contributed by atoms with van der Waals surface area (Å²) in [6.07, 6.45) is 5.83. The molecule has 3 aromatic rings. The van der Waals surface area contributed by atoms with Gasteiger partial charge in [0.05, 0.1) is 30.5 Å². The number of aromatic amines is 1. The van der Waals surface area contributed by atoms with Gasteiger partial charge in [-0.2, -0.15) is 0 Å². The standard InChI is InChI=1S/C25H29N5O2/c1-16-15-32-14-13-29(16)24-20-8-12-30(17(2)31)25(9-4-10-25)22(20)27-23(28-24)19-5-3-6-21-18(19)7-11-26-21/h3,5-7,11,16,26H,4,8-10,12-15H2,1-2H3/t16-/m1/s1. The average molecular weight is 432 g/mol. The van der Waals surface area contributed by atoms with Crippen LogP contribution in [0.1, 0.15) is 44.4 Å². The van der Waals surface area contributed by atoms with Gasteiger partial charge in [0.15, 0.2) is 5.82 Å². The third kappa shape index (κ3) is 2.80. The predicted molar refractivity (Wildman–Crippen MR) is 124 cm³/mol. The molecule has 7 nitrogen and oxygen atoms in total. The number of carbonyl (C=O) groups excluding carboxylic acids is 1. The summed E-state index contributed by atoms with van der Waals surface area (Å²) in [6.45, 7) is 6.86. The molecule has 1 aromatic carbocycles. The number of fused-ring (bicyclic) bond motifs is 3. The van der Waals surface area contributed by atoms with E-state index in [9.17, 15) is 4.79 Å². The molecule has 2 fully saturated rings. The molecule has 4 heterocycles. The molecule has 1 aliphatic carbocycles. The Bertz CT molecular complexity index is 1200. The first-order chi connectivity index (χ1) is 15.6. The molecule has 6 rings (SSSR count). The van der Waals surface area contributed by atoms with Crippen LogP contribution < -0.4 is 4.90 Å². The van der Waals surface area contributed by atoms with Gasteiger partial charge in [0, 0.05) is 48.2 Å². The maximum Gasteiger partial charge on any atom is 0.220 e. The summed E-state index contributed by atoms with van der Waals surface area (Å²) in [7, 11) is 0. The monoisotopic (exact) mass is 431 g/mol. The molecule has 1 saturated heterocycles. The second-order valence-electron chi connectivity index (χ2n) is 9.37. The van der Waals surface area contributed by atoms with E-state index in [0.29, 0.717) is 13.2 Å². The number of aromatic nitrogens is 3. The second-order valence-corrected chi connectivity index (χ2v) is 9.37. The van der Waals surface area contributed by atoms with E-state index in [1.807, 2.05) is 6.20 Å². The molecule has 1 N–H and O–H groups in total. The Balaban J connectivity index is 1.60. The Morgan fingerprint density at radius 1 is 1.22 bits per heavy atom. The van der Waals surface area contributed by atoms with Crippen LogP contribution in [-0.4, -0.2) is 58.1 Å². The van der Waals surface area contributed by atoms with Gasteiger partial charge in [0.25, 0.3) is 0 Å². The van der Waals surface area contributed by atoms with Gasteiger partial charge >= 0.3 is 0 Å². The van der Waals surface area contributed by atoms with E-state index in [1.54, 1.807) is 6.92 Å². The van der Waals surface area contributed by atoms with Gasteiger partial charge in [0.2, 0.25) is 5.91 Å². The van der Waals surface area contributed by atoms with E-state index < -0.39 is 0 Å². The highest BCUT2D eigenvalue weighted by Gasteiger charge is 2.51. The van der Waals surface area contributed by atoms with Gasteiger partial charge in [-0.05, 0) is 44.7 Å². The zero-order chi connectivity index (χ0) is 21.9. The molecule has 2 aromatic heterocycles. The van der Waals surface area contributed by atoms with Crippen LogP contribution in [-0.2, 0) is 21.5 Å². The number of anilines is 1. The third-order valence-corrected chi connectivity index (χ3v) is 7.56. The van der Waals surface area contributed by atoms with Gasteiger partial charge in [-0.1, -0.05) is 12.1 Å². The van der Waals surface area contributed by atoms with Crippen LogP contribution in [0.2, 0.25) is 0 Å². The Kier molecular flexibility index (Phi) is 4.50. The fraction of sp³-hybridized carbons (Fsp3) is 0.480. The molecule has 1 spiro atoms. The summed E-state index contributed by atoms with van der Waals surface area (Å²) in [4.78, 5) is 30.8. The zero-order valence-corrected chi connectivity index (χ0v) is 18.7. The van der Waals surface area contributed by atoms with Crippen molar-refractivity contribution in [3.8, 4) is 11.4 Å². The number of ether oxygens (including phenoxy) is 1. The molecule has 1 amide bonds. The van der Waals surface area contributed by atoms with Crippen LogP contribution >= 0.6 is 0 Å². The quantitative estimate of drug-likeness (QED) is 0.671. The number of hydrogen-bond acceptors (Lipinski definition) is 5. The first-order valence-electron chi connectivity index (χ1n) is 11.7. The Hall–Kier alpha value is -2.93. The van der Waals surface area contributed by atoms with E-state index in [1.165, 1.54) is 5.56 Å². The highest BCUT2D eigenvalue weighted by molar-refractivity contribution is 5.93. The van der Waals surface area contributed by atoms with Crippen LogP contribution in [0.15, 0.2) is 30.5 Å². The molecule has 166 valence electrons. The Labute approximate surface area is 187 Å². The normalized spacial score (nSPS) is 22.1. The van der Waals surface area contributed by atoms with Crippen molar-refractivity contribution in [1.29, 1.82) is 0 Å². The van der Waals surface area contributed by atoms with E-state index in [-0.39, 0.29) is 17.5 Å². The molecule has 0 unspecified atom stereocenters. The summed E-state index contributed by atoms with van der Waals surface area (Å²) < 4.78 is 5.72. The lowest BCUT2D eigenvalue weighted by Crippen LogP contribution is -2.57. The Morgan fingerprint density at radius 2 is 2.09 bits per heavy atom.